The van der Waals surface area contributed by atoms with E-state index < -0.39 is 0 Å². The molecule has 0 aromatic rings. The first kappa shape index (κ1) is 14.8. The average Bonchev–Trinajstić information content (AvgIpc) is 2.65. The summed E-state index contributed by atoms with van der Waals surface area (Å²) in [6.45, 7) is 2.91. The molecule has 2 aliphatic heterocycles. The van der Waals surface area contributed by atoms with Gasteiger partial charge in [0.1, 0.15) is 0 Å². The van der Waals surface area contributed by atoms with Gasteiger partial charge in [-0.05, 0) is 0 Å². The maximum atomic E-state index is 12.4. The largest absolute Gasteiger partial charge is 0.383 e. The third-order valence-electron chi connectivity index (χ3n) is 3.75. The predicted molar refractivity (Wildman–Crippen MR) is 70.8 cm³/mol. The molecule has 2 heterocycles. The molecule has 7 heteroatoms. The number of hydrogen-bond donors (Lipinski definition) is 1. The average molecular weight is 283 g/mol. The fourth-order valence-corrected chi connectivity index (χ4v) is 2.60. The zero-order valence-corrected chi connectivity index (χ0v) is 11.8. The van der Waals surface area contributed by atoms with Gasteiger partial charge in [-0.25, -0.2) is 0 Å². The first-order valence-corrected chi connectivity index (χ1v) is 6.94. The SMILES string of the molecule is COCCN1CC(C(=O)N2CCNC(=O)CC2)CC1=O. The van der Waals surface area contributed by atoms with Gasteiger partial charge in [0.25, 0.3) is 0 Å². The topological polar surface area (TPSA) is 79.0 Å². The Hall–Kier alpha value is -1.63. The van der Waals surface area contributed by atoms with Crippen molar-refractivity contribution >= 4 is 17.7 Å². The second-order valence-electron chi connectivity index (χ2n) is 5.16. The summed E-state index contributed by atoms with van der Waals surface area (Å²) in [7, 11) is 1.59. The number of carbonyl (C=O) groups excluding carboxylic acids is 3. The smallest absolute Gasteiger partial charge is 0.228 e. The summed E-state index contributed by atoms with van der Waals surface area (Å²) in [5.74, 6) is -0.323. The van der Waals surface area contributed by atoms with Gasteiger partial charge in [-0.1, -0.05) is 0 Å². The van der Waals surface area contributed by atoms with Gasteiger partial charge in [-0.2, -0.15) is 0 Å². The van der Waals surface area contributed by atoms with Crippen LogP contribution < -0.4 is 5.32 Å². The molecule has 1 N–H and O–H groups in total. The van der Waals surface area contributed by atoms with Crippen LogP contribution in [0.25, 0.3) is 0 Å². The van der Waals surface area contributed by atoms with Crippen LogP contribution >= 0.6 is 0 Å². The molecular weight excluding hydrogens is 262 g/mol. The Morgan fingerprint density at radius 1 is 1.40 bits per heavy atom. The molecule has 20 heavy (non-hydrogen) atoms. The maximum Gasteiger partial charge on any atom is 0.228 e. The summed E-state index contributed by atoms with van der Waals surface area (Å²) in [6.07, 6.45) is 0.597. The van der Waals surface area contributed by atoms with Crippen LogP contribution in [0.15, 0.2) is 0 Å². The summed E-state index contributed by atoms with van der Waals surface area (Å²) >= 11 is 0. The van der Waals surface area contributed by atoms with Crippen LogP contribution in [-0.2, 0) is 19.1 Å². The van der Waals surface area contributed by atoms with E-state index in [9.17, 15) is 14.4 Å². The van der Waals surface area contributed by atoms with Crippen molar-refractivity contribution in [2.24, 2.45) is 5.92 Å². The Balaban J connectivity index is 1.89. The number of amides is 3. The van der Waals surface area contributed by atoms with E-state index in [0.29, 0.717) is 45.8 Å². The molecule has 0 aliphatic carbocycles. The Labute approximate surface area is 118 Å². The third kappa shape index (κ3) is 3.47. The number of hydrogen-bond acceptors (Lipinski definition) is 4. The lowest BCUT2D eigenvalue weighted by Crippen LogP contribution is -2.39. The van der Waals surface area contributed by atoms with E-state index in [1.54, 1.807) is 16.9 Å². The minimum absolute atomic E-state index is 0.00410. The molecule has 0 spiro atoms. The fraction of sp³-hybridized carbons (Fsp3) is 0.769. The number of methoxy groups -OCH3 is 1. The number of rotatable bonds is 4. The molecule has 1 unspecified atom stereocenters. The zero-order valence-electron chi connectivity index (χ0n) is 11.8. The number of ether oxygens (including phenoxy) is 1. The van der Waals surface area contributed by atoms with Gasteiger partial charge >= 0.3 is 0 Å². The summed E-state index contributed by atoms with van der Waals surface area (Å²) in [5.41, 5.74) is 0. The Bertz CT molecular complexity index is 399. The van der Waals surface area contributed by atoms with Gasteiger partial charge in [-0.15, -0.1) is 0 Å². The molecule has 2 saturated heterocycles. The van der Waals surface area contributed by atoms with Crippen molar-refractivity contribution in [2.45, 2.75) is 12.8 Å². The molecule has 0 bridgehead atoms. The summed E-state index contributed by atoms with van der Waals surface area (Å²) < 4.78 is 4.96. The molecule has 0 aromatic carbocycles. The number of carbonyl (C=O) groups is 3. The minimum atomic E-state index is -0.285. The van der Waals surface area contributed by atoms with Crippen molar-refractivity contribution in [1.29, 1.82) is 0 Å². The molecule has 112 valence electrons. The van der Waals surface area contributed by atoms with Crippen LogP contribution in [0, 0.1) is 5.92 Å². The van der Waals surface area contributed by atoms with Gasteiger partial charge in [0.05, 0.1) is 12.5 Å². The molecule has 7 nitrogen and oxygen atoms in total. The van der Waals surface area contributed by atoms with Gasteiger partial charge < -0.3 is 19.9 Å². The molecule has 0 aromatic heterocycles. The first-order valence-electron chi connectivity index (χ1n) is 6.94. The van der Waals surface area contributed by atoms with Crippen molar-refractivity contribution < 1.29 is 19.1 Å². The number of nitrogens with one attached hydrogen (secondary N) is 1. The van der Waals surface area contributed by atoms with E-state index >= 15 is 0 Å². The van der Waals surface area contributed by atoms with Gasteiger partial charge in [0, 0.05) is 52.7 Å². The van der Waals surface area contributed by atoms with Crippen LogP contribution in [0.5, 0.6) is 0 Å². The van der Waals surface area contributed by atoms with Gasteiger partial charge in [0.15, 0.2) is 0 Å². The lowest BCUT2D eigenvalue weighted by molar-refractivity contribution is -0.135. The molecule has 2 aliphatic rings. The lowest BCUT2D eigenvalue weighted by atomic mass is 10.1. The summed E-state index contributed by atoms with van der Waals surface area (Å²) in [4.78, 5) is 38.9. The Kier molecular flexibility index (Phi) is 4.94. The molecular formula is C13H21N3O4. The van der Waals surface area contributed by atoms with Crippen LogP contribution in [0.3, 0.4) is 0 Å². The highest BCUT2D eigenvalue weighted by molar-refractivity contribution is 5.89. The lowest BCUT2D eigenvalue weighted by Gasteiger charge is -2.23. The first-order chi connectivity index (χ1) is 9.61. The van der Waals surface area contributed by atoms with E-state index in [1.807, 2.05) is 0 Å². The number of likely N-dealkylation sites (tertiary alicyclic amines) is 1. The summed E-state index contributed by atoms with van der Waals surface area (Å²) in [6, 6.07) is 0. The van der Waals surface area contributed by atoms with E-state index in [2.05, 4.69) is 5.32 Å². The van der Waals surface area contributed by atoms with Crippen molar-refractivity contribution in [3.05, 3.63) is 0 Å². The zero-order chi connectivity index (χ0) is 14.5. The van der Waals surface area contributed by atoms with E-state index in [0.717, 1.165) is 0 Å². The monoisotopic (exact) mass is 283 g/mol. The minimum Gasteiger partial charge on any atom is -0.383 e. The van der Waals surface area contributed by atoms with Crippen LogP contribution in [-0.4, -0.2) is 74.0 Å². The van der Waals surface area contributed by atoms with Crippen molar-refractivity contribution in [1.82, 2.24) is 15.1 Å². The normalized spacial score (nSPS) is 23.8. The second kappa shape index (κ2) is 6.69. The van der Waals surface area contributed by atoms with Crippen molar-refractivity contribution in [2.75, 3.05) is 46.4 Å². The summed E-state index contributed by atoms with van der Waals surface area (Å²) in [5, 5.41) is 2.74. The number of nitrogens with zero attached hydrogens (tertiary/aromatic N) is 2. The molecule has 0 radical (unpaired) electrons. The molecule has 1 atom stereocenters. The van der Waals surface area contributed by atoms with Crippen molar-refractivity contribution in [3.8, 4) is 0 Å². The highest BCUT2D eigenvalue weighted by Gasteiger charge is 2.36. The van der Waals surface area contributed by atoms with E-state index in [4.69, 9.17) is 4.74 Å². The second-order valence-corrected chi connectivity index (χ2v) is 5.16. The standard InChI is InChI=1S/C13H21N3O4/c1-20-7-6-16-9-10(8-12(16)18)13(19)15-4-2-11(17)14-3-5-15/h10H,2-9H2,1H3,(H,14,17). The van der Waals surface area contributed by atoms with Crippen LogP contribution in [0.2, 0.25) is 0 Å². The Morgan fingerprint density at radius 3 is 2.95 bits per heavy atom. The van der Waals surface area contributed by atoms with E-state index in [-0.39, 0.29) is 30.1 Å². The highest BCUT2D eigenvalue weighted by Crippen LogP contribution is 2.20. The third-order valence-corrected chi connectivity index (χ3v) is 3.75. The highest BCUT2D eigenvalue weighted by atomic mass is 16.5. The maximum absolute atomic E-state index is 12.4. The fourth-order valence-electron chi connectivity index (χ4n) is 2.60. The molecule has 0 saturated carbocycles. The van der Waals surface area contributed by atoms with Gasteiger partial charge in [-0.3, -0.25) is 14.4 Å². The van der Waals surface area contributed by atoms with Crippen LogP contribution in [0.4, 0.5) is 0 Å². The van der Waals surface area contributed by atoms with E-state index in [1.165, 1.54) is 0 Å². The van der Waals surface area contributed by atoms with Crippen molar-refractivity contribution in [3.63, 3.8) is 0 Å². The van der Waals surface area contributed by atoms with Gasteiger partial charge in [0.2, 0.25) is 17.7 Å². The Morgan fingerprint density at radius 2 is 2.20 bits per heavy atom. The molecule has 2 fully saturated rings. The predicted octanol–water partition coefficient (Wildman–Crippen LogP) is -1.17. The molecule has 3 amide bonds. The molecule has 2 rings (SSSR count). The quantitative estimate of drug-likeness (QED) is 0.705. The van der Waals surface area contributed by atoms with Crippen LogP contribution in [0.1, 0.15) is 12.8 Å².